The molecule has 2 N–H and O–H groups in total. The molecule has 0 heterocycles. The quantitative estimate of drug-likeness (QED) is 0.365. The molecule has 154 valence electrons. The summed E-state index contributed by atoms with van der Waals surface area (Å²) in [7, 11) is 0. The van der Waals surface area contributed by atoms with Crippen LogP contribution in [0.2, 0.25) is 0 Å². The van der Waals surface area contributed by atoms with Crippen LogP contribution in [-0.2, 0) is 19.9 Å². The number of hydrogen-bond acceptors (Lipinski definition) is 4. The highest BCUT2D eigenvalue weighted by Crippen LogP contribution is 2.40. The predicted molar refractivity (Wildman–Crippen MR) is 119 cm³/mol. The molecular weight excluding hydrogens is 398 g/mol. The highest BCUT2D eigenvalue weighted by molar-refractivity contribution is 7.81. The van der Waals surface area contributed by atoms with Gasteiger partial charge >= 0.3 is 5.97 Å². The fourth-order valence-corrected chi connectivity index (χ4v) is 3.48. The van der Waals surface area contributed by atoms with E-state index in [0.717, 1.165) is 16.7 Å². The van der Waals surface area contributed by atoms with E-state index < -0.39 is 23.5 Å². The minimum Gasteiger partial charge on any atom is -0.480 e. The van der Waals surface area contributed by atoms with Crippen LogP contribution in [0.15, 0.2) is 91.0 Å². The van der Waals surface area contributed by atoms with Gasteiger partial charge in [-0.25, -0.2) is 4.79 Å². The summed E-state index contributed by atoms with van der Waals surface area (Å²) in [6.07, 6.45) is 0. The van der Waals surface area contributed by atoms with E-state index in [1.165, 1.54) is 0 Å². The average molecular weight is 422 g/mol. The molecule has 30 heavy (non-hydrogen) atoms. The smallest absolute Gasteiger partial charge is 0.328 e. The SMILES string of the molecule is O=C(CS)N[C@@H](COC(c1ccccc1)(c1ccccc1)c1ccccc1)C(=O)O. The molecule has 1 atom stereocenters. The number of carboxylic acids is 1. The number of rotatable bonds is 9. The summed E-state index contributed by atoms with van der Waals surface area (Å²) in [5.41, 5.74) is 1.51. The van der Waals surface area contributed by atoms with Crippen molar-refractivity contribution in [1.29, 1.82) is 0 Å². The normalized spacial score (nSPS) is 12.2. The Morgan fingerprint density at radius 3 is 1.57 bits per heavy atom. The Morgan fingerprint density at radius 2 is 1.23 bits per heavy atom. The molecule has 0 fully saturated rings. The van der Waals surface area contributed by atoms with Crippen molar-refractivity contribution in [3.8, 4) is 0 Å². The molecule has 6 heteroatoms. The molecule has 1 amide bonds. The van der Waals surface area contributed by atoms with Crippen LogP contribution in [0.25, 0.3) is 0 Å². The van der Waals surface area contributed by atoms with Crippen molar-refractivity contribution >= 4 is 24.5 Å². The van der Waals surface area contributed by atoms with E-state index in [4.69, 9.17) is 4.74 Å². The van der Waals surface area contributed by atoms with Crippen LogP contribution >= 0.6 is 12.6 Å². The summed E-state index contributed by atoms with van der Waals surface area (Å²) in [5.74, 6) is -1.75. The van der Waals surface area contributed by atoms with Gasteiger partial charge in [0.1, 0.15) is 5.60 Å². The van der Waals surface area contributed by atoms with Crippen molar-refractivity contribution in [3.05, 3.63) is 108 Å². The number of ether oxygens (including phenoxy) is 1. The fraction of sp³-hybridized carbons (Fsp3) is 0.167. The van der Waals surface area contributed by atoms with E-state index in [1.54, 1.807) is 0 Å². The number of hydrogen-bond donors (Lipinski definition) is 3. The molecule has 3 aromatic carbocycles. The topological polar surface area (TPSA) is 75.6 Å². The maximum Gasteiger partial charge on any atom is 0.328 e. The van der Waals surface area contributed by atoms with Gasteiger partial charge in [0.05, 0.1) is 12.4 Å². The van der Waals surface area contributed by atoms with Crippen LogP contribution in [-0.4, -0.2) is 35.4 Å². The third-order valence-electron chi connectivity index (χ3n) is 4.78. The number of nitrogens with one attached hydrogen (secondary N) is 1. The van der Waals surface area contributed by atoms with Gasteiger partial charge in [0, 0.05) is 0 Å². The largest absolute Gasteiger partial charge is 0.480 e. The summed E-state index contributed by atoms with van der Waals surface area (Å²) < 4.78 is 6.44. The lowest BCUT2D eigenvalue weighted by Gasteiger charge is -2.36. The lowest BCUT2D eigenvalue weighted by molar-refractivity contribution is -0.144. The van der Waals surface area contributed by atoms with Gasteiger partial charge < -0.3 is 15.2 Å². The molecule has 0 radical (unpaired) electrons. The molecule has 0 spiro atoms. The maximum atomic E-state index is 11.8. The van der Waals surface area contributed by atoms with E-state index in [-0.39, 0.29) is 12.4 Å². The molecule has 0 aliphatic rings. The number of carbonyl (C=O) groups excluding carboxylic acids is 1. The van der Waals surface area contributed by atoms with Crippen LogP contribution in [0, 0.1) is 0 Å². The number of thiol groups is 1. The van der Waals surface area contributed by atoms with Gasteiger partial charge in [-0.1, -0.05) is 91.0 Å². The van der Waals surface area contributed by atoms with E-state index in [2.05, 4.69) is 17.9 Å². The van der Waals surface area contributed by atoms with Crippen molar-refractivity contribution in [2.24, 2.45) is 0 Å². The Hall–Kier alpha value is -3.09. The molecule has 0 aliphatic heterocycles. The zero-order valence-corrected chi connectivity index (χ0v) is 17.2. The number of amides is 1. The zero-order chi connectivity index (χ0) is 21.4. The van der Waals surface area contributed by atoms with E-state index in [0.29, 0.717) is 0 Å². The second kappa shape index (κ2) is 10.1. The molecule has 3 aromatic rings. The summed E-state index contributed by atoms with van der Waals surface area (Å²) >= 11 is 3.91. The van der Waals surface area contributed by atoms with Crippen LogP contribution < -0.4 is 5.32 Å². The second-order valence-electron chi connectivity index (χ2n) is 6.71. The van der Waals surface area contributed by atoms with Crippen molar-refractivity contribution in [1.82, 2.24) is 5.32 Å². The van der Waals surface area contributed by atoms with Crippen LogP contribution in [0.4, 0.5) is 0 Å². The first kappa shape index (κ1) is 21.6. The minimum atomic E-state index is -1.21. The summed E-state index contributed by atoms with van der Waals surface area (Å²) in [5, 5.41) is 12.1. The fourth-order valence-electron chi connectivity index (χ4n) is 3.39. The van der Waals surface area contributed by atoms with Crippen LogP contribution in [0.3, 0.4) is 0 Å². The van der Waals surface area contributed by atoms with E-state index in [9.17, 15) is 14.7 Å². The lowest BCUT2D eigenvalue weighted by atomic mass is 9.80. The van der Waals surface area contributed by atoms with Crippen molar-refractivity contribution in [2.45, 2.75) is 11.6 Å². The Labute approximate surface area is 181 Å². The minimum absolute atomic E-state index is 0.106. The third kappa shape index (κ3) is 4.72. The van der Waals surface area contributed by atoms with Gasteiger partial charge in [0.15, 0.2) is 6.04 Å². The summed E-state index contributed by atoms with van der Waals surface area (Å²) in [6, 6.07) is 27.7. The van der Waals surface area contributed by atoms with Crippen molar-refractivity contribution in [3.63, 3.8) is 0 Å². The van der Waals surface area contributed by atoms with Gasteiger partial charge in [-0.05, 0) is 16.7 Å². The number of carbonyl (C=O) groups is 2. The number of benzene rings is 3. The predicted octanol–water partition coefficient (Wildman–Crippen LogP) is 3.49. The van der Waals surface area contributed by atoms with Gasteiger partial charge in [-0.2, -0.15) is 12.6 Å². The molecule has 0 bridgehead atoms. The third-order valence-corrected chi connectivity index (χ3v) is 5.07. The number of aliphatic carboxylic acids is 1. The Kier molecular flexibility index (Phi) is 7.27. The Balaban J connectivity index is 2.11. The first-order chi connectivity index (χ1) is 14.6. The second-order valence-corrected chi connectivity index (χ2v) is 7.02. The van der Waals surface area contributed by atoms with Gasteiger partial charge in [-0.15, -0.1) is 0 Å². The highest BCUT2D eigenvalue weighted by atomic mass is 32.1. The van der Waals surface area contributed by atoms with E-state index >= 15 is 0 Å². The number of carboxylic acid groups (broad SMARTS) is 1. The molecular formula is C24H23NO4S. The first-order valence-corrected chi connectivity index (χ1v) is 10.1. The molecule has 5 nitrogen and oxygen atoms in total. The van der Waals surface area contributed by atoms with Crippen molar-refractivity contribution < 1.29 is 19.4 Å². The Morgan fingerprint density at radius 1 is 0.833 bits per heavy atom. The van der Waals surface area contributed by atoms with Gasteiger partial charge in [0.25, 0.3) is 0 Å². The molecule has 0 saturated carbocycles. The van der Waals surface area contributed by atoms with Crippen LogP contribution in [0.5, 0.6) is 0 Å². The molecule has 0 saturated heterocycles. The maximum absolute atomic E-state index is 11.8. The first-order valence-electron chi connectivity index (χ1n) is 9.51. The van der Waals surface area contributed by atoms with Crippen molar-refractivity contribution in [2.75, 3.05) is 12.4 Å². The average Bonchev–Trinajstić information content (AvgIpc) is 2.80. The molecule has 0 aliphatic carbocycles. The summed E-state index contributed by atoms with van der Waals surface area (Å²) in [4.78, 5) is 23.5. The lowest BCUT2D eigenvalue weighted by Crippen LogP contribution is -2.47. The summed E-state index contributed by atoms with van der Waals surface area (Å²) in [6.45, 7) is -0.229. The van der Waals surface area contributed by atoms with E-state index in [1.807, 2.05) is 91.0 Å². The van der Waals surface area contributed by atoms with Gasteiger partial charge in [0.2, 0.25) is 5.91 Å². The van der Waals surface area contributed by atoms with Gasteiger partial charge in [-0.3, -0.25) is 4.79 Å². The Bertz CT molecular complexity index is 868. The molecule has 0 aromatic heterocycles. The standard InChI is InChI=1S/C24H23NO4S/c26-22(17-30)25-21(23(27)28)16-29-24(18-10-4-1-5-11-18,19-12-6-2-7-13-19)20-14-8-3-9-15-20/h1-15,21,30H,16-17H2,(H,25,26)(H,27,28)/t21-/m0/s1. The van der Waals surface area contributed by atoms with Crippen LogP contribution in [0.1, 0.15) is 16.7 Å². The zero-order valence-electron chi connectivity index (χ0n) is 16.3. The molecule has 0 unspecified atom stereocenters. The monoisotopic (exact) mass is 421 g/mol. The highest BCUT2D eigenvalue weighted by Gasteiger charge is 2.39. The molecule has 3 rings (SSSR count).